The van der Waals surface area contributed by atoms with E-state index in [0.29, 0.717) is 20.1 Å². The highest BCUT2D eigenvalue weighted by Gasteiger charge is 2.27. The molecule has 0 atom stereocenters. The van der Waals surface area contributed by atoms with Crippen molar-refractivity contribution < 1.29 is 17.2 Å². The lowest BCUT2D eigenvalue weighted by Gasteiger charge is -2.10. The topological polar surface area (TPSA) is 102 Å². The van der Waals surface area contributed by atoms with Gasteiger partial charge >= 0.3 is 0 Å². The molecule has 0 saturated heterocycles. The standard InChI is InChI=1S/C20H15ClF2N4O2S3/c1-30-20-17(7-16(31-20)19(24)25)32(28,29)10-5-12(21)18-15(6-10)27(9-26-18)8-11-13(22)3-2-4-14(11)23/h2-7,9H,8H2,1H3,(H3,24,25). The number of thioether (sulfide) groups is 1. The number of rotatable bonds is 6. The number of sulfone groups is 1. The Hall–Kier alpha value is -2.47. The van der Waals surface area contributed by atoms with Crippen LogP contribution in [0.3, 0.4) is 0 Å². The highest BCUT2D eigenvalue weighted by molar-refractivity contribution is 8.01. The van der Waals surface area contributed by atoms with E-state index in [0.717, 1.165) is 23.5 Å². The van der Waals surface area contributed by atoms with Gasteiger partial charge in [-0.25, -0.2) is 22.2 Å². The van der Waals surface area contributed by atoms with Crippen molar-refractivity contribution in [3.05, 3.63) is 69.8 Å². The number of fused-ring (bicyclic) bond motifs is 1. The van der Waals surface area contributed by atoms with Crippen LogP contribution in [0.1, 0.15) is 10.4 Å². The summed E-state index contributed by atoms with van der Waals surface area (Å²) in [6, 6.07) is 7.58. The third-order valence-corrected chi connectivity index (χ3v) is 9.37. The Bertz CT molecular complexity index is 1460. The lowest BCUT2D eigenvalue weighted by molar-refractivity contribution is 0.546. The van der Waals surface area contributed by atoms with Crippen LogP contribution in [0.25, 0.3) is 11.0 Å². The van der Waals surface area contributed by atoms with Crippen molar-refractivity contribution in [2.24, 2.45) is 5.73 Å². The quantitative estimate of drug-likeness (QED) is 0.217. The summed E-state index contributed by atoms with van der Waals surface area (Å²) in [6.45, 7) is -0.197. The third-order valence-electron chi connectivity index (χ3n) is 4.76. The van der Waals surface area contributed by atoms with Gasteiger partial charge in [0.05, 0.1) is 42.3 Å². The number of amidine groups is 1. The minimum atomic E-state index is -4.03. The molecule has 0 unspecified atom stereocenters. The first-order chi connectivity index (χ1) is 15.1. The Kier molecular flexibility index (Phi) is 6.01. The zero-order valence-electron chi connectivity index (χ0n) is 16.4. The van der Waals surface area contributed by atoms with Crippen LogP contribution in [0.4, 0.5) is 8.78 Å². The van der Waals surface area contributed by atoms with Gasteiger partial charge in [-0.3, -0.25) is 5.41 Å². The summed E-state index contributed by atoms with van der Waals surface area (Å²) in [6.07, 6.45) is 3.08. The second kappa shape index (κ2) is 8.47. The molecular weight excluding hydrogens is 498 g/mol. The second-order valence-electron chi connectivity index (χ2n) is 6.73. The van der Waals surface area contributed by atoms with Crippen LogP contribution in [-0.2, 0) is 16.4 Å². The first-order valence-corrected chi connectivity index (χ1v) is 12.9. The van der Waals surface area contributed by atoms with Crippen molar-refractivity contribution in [3.63, 3.8) is 0 Å². The predicted molar refractivity (Wildman–Crippen MR) is 123 cm³/mol. The van der Waals surface area contributed by atoms with E-state index in [9.17, 15) is 17.2 Å². The SMILES string of the molecule is CSc1sc(C(=N)N)cc1S(=O)(=O)c1cc(Cl)c2ncn(Cc3c(F)cccc3F)c2c1. The first kappa shape index (κ1) is 22.7. The average molecular weight is 513 g/mol. The number of nitrogen functional groups attached to an aromatic ring is 1. The van der Waals surface area contributed by atoms with Crippen molar-refractivity contribution in [1.82, 2.24) is 9.55 Å². The molecule has 0 spiro atoms. The Balaban J connectivity index is 1.86. The zero-order valence-corrected chi connectivity index (χ0v) is 19.6. The van der Waals surface area contributed by atoms with E-state index in [1.807, 2.05) is 0 Å². The number of nitrogens with two attached hydrogens (primary N) is 1. The molecule has 0 fully saturated rings. The van der Waals surface area contributed by atoms with E-state index >= 15 is 0 Å². The van der Waals surface area contributed by atoms with Crippen LogP contribution in [0.2, 0.25) is 5.02 Å². The molecule has 2 aromatic heterocycles. The predicted octanol–water partition coefficient (Wildman–Crippen LogP) is 4.92. The number of halogens is 3. The van der Waals surface area contributed by atoms with E-state index < -0.39 is 21.5 Å². The largest absolute Gasteiger partial charge is 0.383 e. The summed E-state index contributed by atoms with van der Waals surface area (Å²) in [7, 11) is -4.03. The van der Waals surface area contributed by atoms with E-state index in [1.165, 1.54) is 46.9 Å². The van der Waals surface area contributed by atoms with Crippen LogP contribution in [-0.4, -0.2) is 30.1 Å². The first-order valence-electron chi connectivity index (χ1n) is 8.98. The van der Waals surface area contributed by atoms with Gasteiger partial charge in [0.15, 0.2) is 0 Å². The van der Waals surface area contributed by atoms with E-state index in [-0.39, 0.29) is 32.8 Å². The van der Waals surface area contributed by atoms with Gasteiger partial charge in [0, 0.05) is 5.56 Å². The summed E-state index contributed by atoms with van der Waals surface area (Å²) >= 11 is 8.65. The molecule has 0 bridgehead atoms. The van der Waals surface area contributed by atoms with Gasteiger partial charge in [-0.15, -0.1) is 23.1 Å². The molecule has 0 aliphatic heterocycles. The smallest absolute Gasteiger partial charge is 0.208 e. The molecule has 6 nitrogen and oxygen atoms in total. The Labute approximate surface area is 195 Å². The summed E-state index contributed by atoms with van der Waals surface area (Å²) in [5, 5.41) is 7.70. The van der Waals surface area contributed by atoms with Gasteiger partial charge in [0.25, 0.3) is 0 Å². The molecule has 4 rings (SSSR count). The highest BCUT2D eigenvalue weighted by atomic mass is 35.5. The Morgan fingerprint density at radius 1 is 1.28 bits per heavy atom. The number of thiophene rings is 1. The zero-order chi connectivity index (χ0) is 23.2. The van der Waals surface area contributed by atoms with Crippen molar-refractivity contribution in [2.75, 3.05) is 6.26 Å². The average Bonchev–Trinajstić information content (AvgIpc) is 3.36. The lowest BCUT2D eigenvalue weighted by Crippen LogP contribution is -2.09. The molecule has 32 heavy (non-hydrogen) atoms. The Morgan fingerprint density at radius 3 is 2.59 bits per heavy atom. The maximum atomic E-state index is 14.1. The highest BCUT2D eigenvalue weighted by Crippen LogP contribution is 2.38. The van der Waals surface area contributed by atoms with Crippen LogP contribution in [0.15, 0.2) is 56.7 Å². The normalized spacial score (nSPS) is 11.9. The molecular formula is C20H15ClF2N4O2S3. The molecule has 0 aliphatic carbocycles. The van der Waals surface area contributed by atoms with Crippen LogP contribution >= 0.6 is 34.7 Å². The number of benzene rings is 2. The lowest BCUT2D eigenvalue weighted by atomic mass is 10.2. The molecule has 166 valence electrons. The number of aromatic nitrogens is 2. The molecule has 2 heterocycles. The Morgan fingerprint density at radius 2 is 1.97 bits per heavy atom. The molecule has 3 N–H and O–H groups in total. The minimum absolute atomic E-state index is 0.0156. The van der Waals surface area contributed by atoms with Gasteiger partial charge < -0.3 is 10.3 Å². The van der Waals surface area contributed by atoms with Crippen LogP contribution in [0, 0.1) is 17.0 Å². The van der Waals surface area contributed by atoms with Gasteiger partial charge in [-0.05, 0) is 36.6 Å². The molecule has 2 aromatic carbocycles. The van der Waals surface area contributed by atoms with Gasteiger partial charge in [0.1, 0.15) is 23.0 Å². The summed E-state index contributed by atoms with van der Waals surface area (Å²) in [5.74, 6) is -1.67. The minimum Gasteiger partial charge on any atom is -0.383 e. The van der Waals surface area contributed by atoms with Crippen molar-refractivity contribution in [3.8, 4) is 0 Å². The maximum absolute atomic E-state index is 14.1. The molecule has 0 amide bonds. The molecule has 4 aromatic rings. The van der Waals surface area contributed by atoms with E-state index in [1.54, 1.807) is 6.26 Å². The summed E-state index contributed by atoms with van der Waals surface area (Å²) in [4.78, 5) is 4.42. The number of imidazole rings is 1. The number of hydrogen-bond donors (Lipinski definition) is 2. The van der Waals surface area contributed by atoms with Gasteiger partial charge in [-0.1, -0.05) is 17.7 Å². The third kappa shape index (κ3) is 3.90. The van der Waals surface area contributed by atoms with Crippen molar-refractivity contribution >= 4 is 61.4 Å². The summed E-state index contributed by atoms with van der Waals surface area (Å²) in [5.41, 5.74) is 5.97. The molecule has 0 aliphatic rings. The van der Waals surface area contributed by atoms with Gasteiger partial charge in [0.2, 0.25) is 9.84 Å². The van der Waals surface area contributed by atoms with Gasteiger partial charge in [-0.2, -0.15) is 0 Å². The van der Waals surface area contributed by atoms with E-state index in [2.05, 4.69) is 4.98 Å². The van der Waals surface area contributed by atoms with Crippen LogP contribution in [0.5, 0.6) is 0 Å². The molecule has 0 radical (unpaired) electrons. The summed E-state index contributed by atoms with van der Waals surface area (Å²) < 4.78 is 57.0. The number of hydrogen-bond acceptors (Lipinski definition) is 6. The van der Waals surface area contributed by atoms with E-state index in [4.69, 9.17) is 22.7 Å². The monoisotopic (exact) mass is 512 g/mol. The fourth-order valence-corrected chi connectivity index (χ4v) is 7.41. The number of nitrogens with zero attached hydrogens (tertiary/aromatic N) is 2. The fourth-order valence-electron chi connectivity index (χ4n) is 3.18. The molecule has 12 heteroatoms. The fraction of sp³-hybridized carbons (Fsp3) is 0.100. The maximum Gasteiger partial charge on any atom is 0.208 e. The molecule has 0 saturated carbocycles. The number of nitrogens with one attached hydrogen (secondary N) is 1. The van der Waals surface area contributed by atoms with Crippen molar-refractivity contribution in [1.29, 1.82) is 5.41 Å². The van der Waals surface area contributed by atoms with Crippen LogP contribution < -0.4 is 5.73 Å². The second-order valence-corrected chi connectivity index (χ2v) is 11.2. The van der Waals surface area contributed by atoms with Crippen molar-refractivity contribution in [2.45, 2.75) is 20.5 Å².